The normalized spacial score (nSPS) is 11.6. The molecule has 3 heterocycles. The lowest BCUT2D eigenvalue weighted by Crippen LogP contribution is -2.12. The highest BCUT2D eigenvalue weighted by molar-refractivity contribution is 7.12. The number of nitrogens with zero attached hydrogens (tertiary/aromatic N) is 4. The highest BCUT2D eigenvalue weighted by atomic mass is 32.1. The minimum atomic E-state index is -4.69. The molecule has 0 spiro atoms. The summed E-state index contributed by atoms with van der Waals surface area (Å²) in [4.78, 5) is 12.9. The van der Waals surface area contributed by atoms with E-state index in [0.717, 1.165) is 5.56 Å². The van der Waals surface area contributed by atoms with E-state index in [1.54, 1.807) is 24.3 Å². The van der Waals surface area contributed by atoms with Crippen molar-refractivity contribution in [2.24, 2.45) is 0 Å². The van der Waals surface area contributed by atoms with Crippen molar-refractivity contribution in [2.75, 3.05) is 5.32 Å². The topological polar surface area (TPSA) is 81.4 Å². The lowest BCUT2D eigenvalue weighted by molar-refractivity contribution is -0.146. The van der Waals surface area contributed by atoms with Gasteiger partial charge in [0.05, 0.1) is 4.88 Å². The maximum atomic E-state index is 12.9. The quantitative estimate of drug-likeness (QED) is 0.525. The Kier molecular flexibility index (Phi) is 4.66. The maximum absolute atomic E-state index is 12.9. The van der Waals surface area contributed by atoms with Crippen LogP contribution in [-0.2, 0) is 6.18 Å². The molecular formula is C18H12F3N5O2S. The monoisotopic (exact) mass is 419 g/mol. The third kappa shape index (κ3) is 3.90. The third-order valence-corrected chi connectivity index (χ3v) is 4.91. The molecule has 0 bridgehead atoms. The zero-order valence-corrected chi connectivity index (χ0v) is 15.6. The summed E-state index contributed by atoms with van der Waals surface area (Å²) in [7, 11) is 0. The lowest BCUT2D eigenvalue weighted by atomic mass is 10.2. The van der Waals surface area contributed by atoms with Gasteiger partial charge in [-0.15, -0.1) is 26.6 Å². The number of fused-ring (bicyclic) bond motifs is 1. The van der Waals surface area contributed by atoms with Crippen molar-refractivity contribution in [3.8, 4) is 11.6 Å². The molecular weight excluding hydrogens is 407 g/mol. The summed E-state index contributed by atoms with van der Waals surface area (Å²) in [6.45, 7) is 1.85. The number of aryl methyl sites for hydroxylation is 1. The van der Waals surface area contributed by atoms with Gasteiger partial charge in [-0.3, -0.25) is 4.79 Å². The number of halogens is 3. The predicted octanol–water partition coefficient (Wildman–Crippen LogP) is 4.56. The number of ether oxygens (including phenoxy) is 1. The minimum absolute atomic E-state index is 0.0494. The van der Waals surface area contributed by atoms with Crippen LogP contribution in [0.15, 0.2) is 47.8 Å². The molecule has 4 rings (SSSR count). The molecule has 11 heteroatoms. The average Bonchev–Trinajstić information content (AvgIpc) is 3.29. The number of nitrogens with one attached hydrogen (secondary N) is 1. The highest BCUT2D eigenvalue weighted by Gasteiger charge is 2.37. The first-order valence-corrected chi connectivity index (χ1v) is 9.12. The number of benzene rings is 1. The van der Waals surface area contributed by atoms with Crippen molar-refractivity contribution < 1.29 is 22.7 Å². The van der Waals surface area contributed by atoms with Crippen molar-refractivity contribution in [1.82, 2.24) is 19.8 Å². The van der Waals surface area contributed by atoms with E-state index in [1.165, 1.54) is 23.5 Å². The van der Waals surface area contributed by atoms with Gasteiger partial charge in [0, 0.05) is 11.8 Å². The van der Waals surface area contributed by atoms with Crippen molar-refractivity contribution in [2.45, 2.75) is 13.1 Å². The van der Waals surface area contributed by atoms with Crippen molar-refractivity contribution in [1.29, 1.82) is 0 Å². The largest absolute Gasteiger partial charge is 0.453 e. The van der Waals surface area contributed by atoms with Gasteiger partial charge in [-0.1, -0.05) is 0 Å². The zero-order chi connectivity index (χ0) is 20.6. The highest BCUT2D eigenvalue weighted by Crippen LogP contribution is 2.28. The van der Waals surface area contributed by atoms with Crippen molar-refractivity contribution >= 4 is 28.6 Å². The number of aromatic nitrogens is 4. The fourth-order valence-electron chi connectivity index (χ4n) is 2.52. The number of carbonyl (C=O) groups excluding carboxylic acids is 1. The Morgan fingerprint density at radius 2 is 1.86 bits per heavy atom. The van der Waals surface area contributed by atoms with Gasteiger partial charge in [-0.25, -0.2) is 0 Å². The molecule has 0 atom stereocenters. The maximum Gasteiger partial charge on any atom is 0.453 e. The summed E-state index contributed by atoms with van der Waals surface area (Å²) in [6.07, 6.45) is -4.69. The van der Waals surface area contributed by atoms with E-state index in [9.17, 15) is 18.0 Å². The van der Waals surface area contributed by atoms with Gasteiger partial charge < -0.3 is 10.1 Å². The molecule has 0 saturated carbocycles. The van der Waals surface area contributed by atoms with Crippen LogP contribution < -0.4 is 10.1 Å². The molecule has 1 amide bonds. The zero-order valence-electron chi connectivity index (χ0n) is 14.8. The first-order valence-electron chi connectivity index (χ1n) is 8.24. The molecule has 0 fully saturated rings. The van der Waals surface area contributed by atoms with Crippen molar-refractivity contribution in [3.05, 3.63) is 64.1 Å². The smallest absolute Gasteiger partial charge is 0.438 e. The van der Waals surface area contributed by atoms with E-state index < -0.39 is 12.0 Å². The van der Waals surface area contributed by atoms with E-state index in [-0.39, 0.29) is 17.4 Å². The number of hydrogen-bond donors (Lipinski definition) is 1. The Morgan fingerprint density at radius 3 is 2.52 bits per heavy atom. The van der Waals surface area contributed by atoms with Crippen LogP contribution in [-0.4, -0.2) is 25.7 Å². The minimum Gasteiger partial charge on any atom is -0.438 e. The number of hydrogen-bond acceptors (Lipinski definition) is 6. The number of anilines is 1. The van der Waals surface area contributed by atoms with Crippen LogP contribution >= 0.6 is 11.3 Å². The summed E-state index contributed by atoms with van der Waals surface area (Å²) in [5, 5.41) is 15.0. The van der Waals surface area contributed by atoms with Gasteiger partial charge in [0.2, 0.25) is 5.88 Å². The van der Waals surface area contributed by atoms with Gasteiger partial charge in [0.1, 0.15) is 5.75 Å². The number of carbonyl (C=O) groups is 1. The van der Waals surface area contributed by atoms with Crippen LogP contribution in [0.25, 0.3) is 5.65 Å². The van der Waals surface area contributed by atoms with E-state index in [1.807, 2.05) is 18.4 Å². The Hall–Kier alpha value is -3.47. The standard InChI is InChI=1S/C18H12F3N5O2S/c1-10-8-9-29-15(10)16(27)22-11-2-4-12(5-3-11)28-14-7-6-13-23-24-17(18(19,20)21)26(13)25-14/h2-9H,1H3,(H,22,27). The Labute approximate surface area is 165 Å². The molecule has 4 aromatic rings. The van der Waals surface area contributed by atoms with Gasteiger partial charge in [0.15, 0.2) is 5.65 Å². The van der Waals surface area contributed by atoms with Crippen LogP contribution in [0, 0.1) is 6.92 Å². The Bertz CT molecular complexity index is 1180. The third-order valence-electron chi connectivity index (χ3n) is 3.89. The van der Waals surface area contributed by atoms with E-state index in [4.69, 9.17) is 4.74 Å². The molecule has 0 unspecified atom stereocenters. The molecule has 0 aliphatic heterocycles. The number of thiophene rings is 1. The summed E-state index contributed by atoms with van der Waals surface area (Å²) >= 11 is 1.35. The van der Waals surface area contributed by atoms with E-state index >= 15 is 0 Å². The van der Waals surface area contributed by atoms with Crippen LogP contribution in [0.4, 0.5) is 18.9 Å². The first kappa shape index (κ1) is 18.9. The van der Waals surface area contributed by atoms with Gasteiger partial charge in [-0.05, 0) is 54.3 Å². The summed E-state index contributed by atoms with van der Waals surface area (Å²) in [5.41, 5.74) is 1.39. The van der Waals surface area contributed by atoms with Crippen molar-refractivity contribution in [3.63, 3.8) is 0 Å². The molecule has 1 aromatic carbocycles. The molecule has 3 aromatic heterocycles. The lowest BCUT2D eigenvalue weighted by Gasteiger charge is -2.08. The van der Waals surface area contributed by atoms with Gasteiger partial charge >= 0.3 is 6.18 Å². The Balaban J connectivity index is 1.50. The number of rotatable bonds is 4. The summed E-state index contributed by atoms with van der Waals surface area (Å²) in [6, 6.07) is 10.9. The average molecular weight is 419 g/mol. The van der Waals surface area contributed by atoms with Crippen LogP contribution in [0.2, 0.25) is 0 Å². The van der Waals surface area contributed by atoms with Crippen LogP contribution in [0.1, 0.15) is 21.1 Å². The molecule has 29 heavy (non-hydrogen) atoms. The summed E-state index contributed by atoms with van der Waals surface area (Å²) < 4.78 is 44.9. The predicted molar refractivity (Wildman–Crippen MR) is 99.3 cm³/mol. The second kappa shape index (κ2) is 7.17. The van der Waals surface area contributed by atoms with Gasteiger partial charge in [-0.2, -0.15) is 17.7 Å². The summed E-state index contributed by atoms with van der Waals surface area (Å²) in [5.74, 6) is -1.18. The van der Waals surface area contributed by atoms with E-state index in [0.29, 0.717) is 20.8 Å². The SMILES string of the molecule is Cc1ccsc1C(=O)Nc1ccc(Oc2ccc3nnc(C(F)(F)F)n3n2)cc1. The van der Waals surface area contributed by atoms with Crippen LogP contribution in [0.5, 0.6) is 11.6 Å². The van der Waals surface area contributed by atoms with Gasteiger partial charge in [0.25, 0.3) is 11.7 Å². The number of alkyl halides is 3. The molecule has 0 aliphatic carbocycles. The second-order valence-corrected chi connectivity index (χ2v) is 6.89. The number of amides is 1. The molecule has 148 valence electrons. The second-order valence-electron chi connectivity index (χ2n) is 5.98. The fourth-order valence-corrected chi connectivity index (χ4v) is 3.34. The molecule has 1 N–H and O–H groups in total. The molecule has 0 saturated heterocycles. The first-order chi connectivity index (χ1) is 13.8. The molecule has 0 aliphatic rings. The molecule has 0 radical (unpaired) electrons. The Morgan fingerprint density at radius 1 is 1.10 bits per heavy atom. The molecule has 7 nitrogen and oxygen atoms in total. The van der Waals surface area contributed by atoms with E-state index in [2.05, 4.69) is 20.6 Å². The fraction of sp³-hybridized carbons (Fsp3) is 0.111. The van der Waals surface area contributed by atoms with Crippen LogP contribution in [0.3, 0.4) is 0 Å².